The molecule has 0 atom stereocenters. The van der Waals surface area contributed by atoms with Gasteiger partial charge in [0.1, 0.15) is 0 Å². The van der Waals surface area contributed by atoms with E-state index in [1.165, 1.54) is 0 Å². The second kappa shape index (κ2) is 5.29. The molecule has 0 aromatic rings. The number of carbonyl (C=O) groups excluding carboxylic acids is 2. The first-order valence-corrected chi connectivity index (χ1v) is 3.55. The molecule has 0 radical (unpaired) electrons. The first-order chi connectivity index (χ1) is 5.09. The van der Waals surface area contributed by atoms with Gasteiger partial charge in [-0.25, -0.2) is 4.79 Å². The van der Waals surface area contributed by atoms with E-state index in [0.717, 1.165) is 0 Å². The number of cyclic esters (lactones) is 2. The molecule has 62 valence electrons. The second-order valence-corrected chi connectivity index (χ2v) is 2.87. The van der Waals surface area contributed by atoms with Gasteiger partial charge in [-0.3, -0.25) is 4.79 Å². The van der Waals surface area contributed by atoms with Crippen LogP contribution >= 0.6 is 0 Å². The van der Waals surface area contributed by atoms with Gasteiger partial charge in [-0.05, 0) is 5.92 Å². The molecule has 12 heavy (non-hydrogen) atoms. The number of esters is 2. The molecule has 1 aliphatic rings. The summed E-state index contributed by atoms with van der Waals surface area (Å²) in [5, 5.41) is 0. The van der Waals surface area contributed by atoms with Crippen molar-refractivity contribution < 1.29 is 14.3 Å². The Labute approximate surface area is 114 Å². The third-order valence-electron chi connectivity index (χ3n) is 1.34. The van der Waals surface area contributed by atoms with Crippen LogP contribution in [0.5, 0.6) is 0 Å². The molecule has 0 N–H and O–H groups in total. The van der Waals surface area contributed by atoms with Crippen LogP contribution in [0.1, 0.15) is 20.3 Å². The fourth-order valence-corrected chi connectivity index (χ4v) is 0.962. The molecule has 1 fully saturated rings. The molecule has 0 aromatic heterocycles. The summed E-state index contributed by atoms with van der Waals surface area (Å²) in [6.45, 7) is 3.89. The number of ether oxygens (including phenoxy) is 1. The van der Waals surface area contributed by atoms with E-state index >= 15 is 0 Å². The van der Waals surface area contributed by atoms with Gasteiger partial charge in [0.2, 0.25) is 0 Å². The zero-order valence-electron chi connectivity index (χ0n) is 6.59. The Morgan fingerprint density at radius 3 is 2.33 bits per heavy atom. The number of hydrogen-bond acceptors (Lipinski definition) is 3. The molecule has 0 bridgehead atoms. The van der Waals surface area contributed by atoms with E-state index < -0.39 is 11.9 Å². The normalized spacial score (nSPS) is 19.8. The summed E-state index contributed by atoms with van der Waals surface area (Å²) in [6.07, 6.45) is 1.89. The zero-order chi connectivity index (χ0) is 8.43. The van der Waals surface area contributed by atoms with Crippen LogP contribution in [0.3, 0.4) is 0 Å². The summed E-state index contributed by atoms with van der Waals surface area (Å²) in [5.41, 5.74) is 0.491. The Balaban J connectivity index is 0.00000121. The van der Waals surface area contributed by atoms with Crippen LogP contribution in [0.4, 0.5) is 0 Å². The average Bonchev–Trinajstić information content (AvgIpc) is 2.09. The van der Waals surface area contributed by atoms with E-state index in [9.17, 15) is 9.59 Å². The minimum atomic E-state index is -0.483. The molecule has 0 unspecified atom stereocenters. The van der Waals surface area contributed by atoms with E-state index in [0.29, 0.717) is 5.57 Å². The quantitative estimate of drug-likeness (QED) is 0.262. The van der Waals surface area contributed by atoms with Crippen molar-refractivity contribution in [3.63, 3.8) is 0 Å². The van der Waals surface area contributed by atoms with Crippen LogP contribution < -0.4 is 0 Å². The maximum absolute atomic E-state index is 10.8. The molecular weight excluding hydrogens is 183 g/mol. The number of carbonyl (C=O) groups is 2. The molecular formula is C8H11KO3. The molecule has 1 heterocycles. The molecule has 0 aromatic carbocycles. The van der Waals surface area contributed by atoms with Crippen LogP contribution in [-0.2, 0) is 14.3 Å². The van der Waals surface area contributed by atoms with E-state index in [-0.39, 0.29) is 63.7 Å². The van der Waals surface area contributed by atoms with Gasteiger partial charge in [0.25, 0.3) is 0 Å². The molecule has 3 nitrogen and oxygen atoms in total. The van der Waals surface area contributed by atoms with E-state index in [2.05, 4.69) is 4.74 Å². The summed E-state index contributed by atoms with van der Waals surface area (Å²) in [4.78, 5) is 21.4. The minimum absolute atomic E-state index is 0. The summed E-state index contributed by atoms with van der Waals surface area (Å²) >= 11 is 0. The predicted octanol–water partition coefficient (Wildman–Crippen LogP) is 0.394. The molecule has 0 saturated carbocycles. The summed E-state index contributed by atoms with van der Waals surface area (Å²) in [6, 6.07) is 0. The van der Waals surface area contributed by atoms with Crippen LogP contribution in [0, 0.1) is 5.92 Å². The van der Waals surface area contributed by atoms with Gasteiger partial charge in [-0.1, -0.05) is 19.9 Å². The fourth-order valence-electron chi connectivity index (χ4n) is 0.962. The van der Waals surface area contributed by atoms with Crippen molar-refractivity contribution in [1.82, 2.24) is 0 Å². The summed E-state index contributed by atoms with van der Waals surface area (Å²) < 4.78 is 4.33. The van der Waals surface area contributed by atoms with Gasteiger partial charge in [0, 0.05) is 5.57 Å². The Hall–Kier alpha value is 0.516. The average molecular weight is 194 g/mol. The van der Waals surface area contributed by atoms with Crippen LogP contribution in [0.2, 0.25) is 0 Å². The van der Waals surface area contributed by atoms with Crippen molar-refractivity contribution in [2.45, 2.75) is 20.3 Å². The van der Waals surface area contributed by atoms with Gasteiger partial charge in [0.15, 0.2) is 0 Å². The number of allylic oxidation sites excluding steroid dienone is 1. The van der Waals surface area contributed by atoms with Crippen LogP contribution in [0.25, 0.3) is 0 Å². The summed E-state index contributed by atoms with van der Waals surface area (Å²) in [7, 11) is 0. The molecule has 0 spiro atoms. The standard InChI is InChI=1S/C8H10O3.K.H/c1-5(2)3-6-4-7(9)11-8(6)10;;/h3,5H,4H2,1-2H3;;. The topological polar surface area (TPSA) is 43.4 Å². The SMILES string of the molecule is CC(C)C=C1CC(=O)OC1=O.[KH]. The Kier molecular flexibility index (Phi) is 5.52. The molecule has 0 amide bonds. The third-order valence-corrected chi connectivity index (χ3v) is 1.34. The van der Waals surface area contributed by atoms with Crippen molar-refractivity contribution in [3.8, 4) is 0 Å². The van der Waals surface area contributed by atoms with Gasteiger partial charge >= 0.3 is 63.3 Å². The molecule has 4 heteroatoms. The third kappa shape index (κ3) is 3.49. The van der Waals surface area contributed by atoms with E-state index in [1.807, 2.05) is 13.8 Å². The molecule has 0 aliphatic carbocycles. The predicted molar refractivity (Wildman–Crippen MR) is 45.8 cm³/mol. The van der Waals surface area contributed by atoms with Crippen molar-refractivity contribution in [3.05, 3.63) is 11.6 Å². The van der Waals surface area contributed by atoms with Gasteiger partial charge in [-0.15, -0.1) is 0 Å². The van der Waals surface area contributed by atoms with E-state index in [1.54, 1.807) is 6.08 Å². The van der Waals surface area contributed by atoms with Crippen molar-refractivity contribution in [1.29, 1.82) is 0 Å². The number of hydrogen-bond donors (Lipinski definition) is 0. The van der Waals surface area contributed by atoms with Gasteiger partial charge in [-0.2, -0.15) is 0 Å². The zero-order valence-corrected chi connectivity index (χ0v) is 6.59. The van der Waals surface area contributed by atoms with E-state index in [4.69, 9.17) is 0 Å². The fraction of sp³-hybridized carbons (Fsp3) is 0.500. The van der Waals surface area contributed by atoms with Crippen molar-refractivity contribution in [2.24, 2.45) is 5.92 Å². The monoisotopic (exact) mass is 194 g/mol. The second-order valence-electron chi connectivity index (χ2n) is 2.87. The summed E-state index contributed by atoms with van der Waals surface area (Å²) in [5.74, 6) is -0.644. The molecule has 1 aliphatic heterocycles. The Morgan fingerprint density at radius 2 is 2.00 bits per heavy atom. The van der Waals surface area contributed by atoms with Gasteiger partial charge in [0.05, 0.1) is 6.42 Å². The Morgan fingerprint density at radius 1 is 1.42 bits per heavy atom. The van der Waals surface area contributed by atoms with Crippen molar-refractivity contribution >= 4 is 63.3 Å². The van der Waals surface area contributed by atoms with Gasteiger partial charge < -0.3 is 4.74 Å². The Bertz CT molecular complexity index is 230. The maximum atomic E-state index is 10.8. The molecule has 1 saturated heterocycles. The first kappa shape index (κ1) is 12.5. The van der Waals surface area contributed by atoms with Crippen LogP contribution in [-0.4, -0.2) is 63.3 Å². The molecule has 1 rings (SSSR count). The first-order valence-electron chi connectivity index (χ1n) is 3.55. The number of rotatable bonds is 1. The van der Waals surface area contributed by atoms with Crippen LogP contribution in [0.15, 0.2) is 11.6 Å². The van der Waals surface area contributed by atoms with Crippen molar-refractivity contribution in [2.75, 3.05) is 0 Å².